The maximum atomic E-state index is 13.8. The first-order valence-corrected chi connectivity index (χ1v) is 8.28. The van der Waals surface area contributed by atoms with Crippen molar-refractivity contribution in [1.29, 1.82) is 0 Å². The Bertz CT molecular complexity index is 654. The summed E-state index contributed by atoms with van der Waals surface area (Å²) in [6.07, 6.45) is 1.42. The zero-order chi connectivity index (χ0) is 16.2. The van der Waals surface area contributed by atoms with Crippen molar-refractivity contribution in [3.63, 3.8) is 0 Å². The number of anilines is 1. The molecule has 2 heterocycles. The summed E-state index contributed by atoms with van der Waals surface area (Å²) in [5.74, 6) is 0.394. The predicted octanol–water partition coefficient (Wildman–Crippen LogP) is 2.21. The number of nitrogens with one attached hydrogen (secondary N) is 1. The quantitative estimate of drug-likeness (QED) is 0.916. The molecule has 1 aromatic heterocycles. The number of hydrogen-bond donors (Lipinski definition) is 1. The van der Waals surface area contributed by atoms with Gasteiger partial charge in [-0.2, -0.15) is 0 Å². The predicted molar refractivity (Wildman–Crippen MR) is 91.1 cm³/mol. The molecule has 0 aliphatic carbocycles. The highest BCUT2D eigenvalue weighted by Crippen LogP contribution is 2.21. The van der Waals surface area contributed by atoms with Crippen molar-refractivity contribution in [3.05, 3.63) is 30.3 Å². The fourth-order valence-electron chi connectivity index (χ4n) is 3.09. The lowest BCUT2D eigenvalue weighted by Gasteiger charge is -2.37. The minimum Gasteiger partial charge on any atom is -0.368 e. The minimum atomic E-state index is -0.309. The van der Waals surface area contributed by atoms with Crippen molar-refractivity contribution >= 4 is 16.7 Å². The van der Waals surface area contributed by atoms with E-state index in [1.165, 1.54) is 12.4 Å². The lowest BCUT2D eigenvalue weighted by Crippen LogP contribution is -2.51. The largest absolute Gasteiger partial charge is 0.368 e. The Morgan fingerprint density at radius 2 is 2.00 bits per heavy atom. The maximum Gasteiger partial charge on any atom is 0.149 e. The molecule has 1 N–H and O–H groups in total. The van der Waals surface area contributed by atoms with Gasteiger partial charge in [-0.05, 0) is 25.6 Å². The van der Waals surface area contributed by atoms with Crippen molar-refractivity contribution in [2.24, 2.45) is 0 Å². The lowest BCUT2D eigenvalue weighted by atomic mass is 10.2. The molecule has 0 bridgehead atoms. The first kappa shape index (κ1) is 16.1. The van der Waals surface area contributed by atoms with Gasteiger partial charge in [0.2, 0.25) is 0 Å². The van der Waals surface area contributed by atoms with Gasteiger partial charge in [-0.15, -0.1) is 0 Å². The summed E-state index contributed by atoms with van der Waals surface area (Å²) in [5, 5.41) is 4.10. The highest BCUT2D eigenvalue weighted by molar-refractivity contribution is 5.89. The van der Waals surface area contributed by atoms with E-state index in [2.05, 4.69) is 38.9 Å². The van der Waals surface area contributed by atoms with Crippen LogP contribution in [0.15, 0.2) is 24.5 Å². The molecule has 1 saturated heterocycles. The molecular formula is C17H24FN5. The van der Waals surface area contributed by atoms with Gasteiger partial charge < -0.3 is 10.2 Å². The third-order valence-corrected chi connectivity index (χ3v) is 4.66. The highest BCUT2D eigenvalue weighted by atomic mass is 19.1. The zero-order valence-electron chi connectivity index (χ0n) is 13.8. The van der Waals surface area contributed by atoms with Crippen molar-refractivity contribution in [3.8, 4) is 0 Å². The number of hydrogen-bond acceptors (Lipinski definition) is 5. The molecular weight excluding hydrogens is 293 g/mol. The molecule has 3 rings (SSSR count). The average Bonchev–Trinajstić information content (AvgIpc) is 2.60. The number of likely N-dealkylation sites (N-methyl/N-ethyl adjacent to an activating group) is 1. The molecule has 0 amide bonds. The monoisotopic (exact) mass is 317 g/mol. The third-order valence-electron chi connectivity index (χ3n) is 4.66. The van der Waals surface area contributed by atoms with E-state index in [0.29, 0.717) is 17.4 Å². The van der Waals surface area contributed by atoms with Crippen molar-refractivity contribution in [2.45, 2.75) is 19.9 Å². The van der Waals surface area contributed by atoms with Crippen LogP contribution in [0.4, 0.5) is 10.2 Å². The average molecular weight is 317 g/mol. The number of rotatable bonds is 5. The van der Waals surface area contributed by atoms with Crippen molar-refractivity contribution in [2.75, 3.05) is 44.6 Å². The van der Waals surface area contributed by atoms with Crippen LogP contribution in [0.5, 0.6) is 0 Å². The molecule has 1 fully saturated rings. The summed E-state index contributed by atoms with van der Waals surface area (Å²) in [4.78, 5) is 13.3. The van der Waals surface area contributed by atoms with Gasteiger partial charge in [-0.3, -0.25) is 4.90 Å². The Hall–Kier alpha value is -1.79. The molecule has 1 atom stereocenters. The number of nitrogens with zero attached hydrogens (tertiary/aromatic N) is 4. The van der Waals surface area contributed by atoms with Gasteiger partial charge in [0.05, 0.1) is 0 Å². The van der Waals surface area contributed by atoms with Crippen LogP contribution in [-0.4, -0.2) is 65.1 Å². The zero-order valence-corrected chi connectivity index (χ0v) is 13.8. The van der Waals surface area contributed by atoms with Crippen LogP contribution < -0.4 is 5.32 Å². The Labute approximate surface area is 136 Å². The Kier molecular flexibility index (Phi) is 5.03. The summed E-state index contributed by atoms with van der Waals surface area (Å²) < 4.78 is 13.8. The van der Waals surface area contributed by atoms with Crippen LogP contribution in [0.3, 0.4) is 0 Å². The van der Waals surface area contributed by atoms with E-state index >= 15 is 0 Å². The molecule has 1 unspecified atom stereocenters. The maximum absolute atomic E-state index is 13.8. The van der Waals surface area contributed by atoms with Gasteiger partial charge in [-0.25, -0.2) is 14.4 Å². The number of halogens is 1. The summed E-state index contributed by atoms with van der Waals surface area (Å²) in [7, 11) is 0. The fourth-order valence-corrected chi connectivity index (χ4v) is 3.09. The SMILES string of the molecule is CCN1CCN(C(C)CNc2ncnc3c(F)cccc23)CC1. The summed E-state index contributed by atoms with van der Waals surface area (Å²) in [5.41, 5.74) is 0.370. The molecule has 6 heteroatoms. The first-order chi connectivity index (χ1) is 11.2. The van der Waals surface area contributed by atoms with Gasteiger partial charge in [-0.1, -0.05) is 13.0 Å². The van der Waals surface area contributed by atoms with Crippen LogP contribution in [0, 0.1) is 5.82 Å². The van der Waals surface area contributed by atoms with Gasteiger partial charge in [0, 0.05) is 44.2 Å². The van der Waals surface area contributed by atoms with Crippen molar-refractivity contribution < 1.29 is 4.39 Å². The Morgan fingerprint density at radius 1 is 1.22 bits per heavy atom. The van der Waals surface area contributed by atoms with Crippen molar-refractivity contribution in [1.82, 2.24) is 19.8 Å². The number of fused-ring (bicyclic) bond motifs is 1. The summed E-state index contributed by atoms with van der Waals surface area (Å²) >= 11 is 0. The Balaban J connectivity index is 1.63. The highest BCUT2D eigenvalue weighted by Gasteiger charge is 2.20. The van der Waals surface area contributed by atoms with Crippen LogP contribution >= 0.6 is 0 Å². The second-order valence-electron chi connectivity index (χ2n) is 6.06. The molecule has 124 valence electrons. The standard InChI is InChI=1S/C17H24FN5/c1-3-22-7-9-23(10-8-22)13(2)11-19-17-14-5-4-6-15(18)16(14)20-12-21-17/h4-6,12-13H,3,7-11H2,1-2H3,(H,19,20,21). The second-order valence-corrected chi connectivity index (χ2v) is 6.06. The molecule has 23 heavy (non-hydrogen) atoms. The first-order valence-electron chi connectivity index (χ1n) is 8.28. The smallest absolute Gasteiger partial charge is 0.149 e. The van der Waals surface area contributed by atoms with E-state index in [4.69, 9.17) is 0 Å². The number of aromatic nitrogens is 2. The van der Waals surface area contributed by atoms with Gasteiger partial charge in [0.15, 0.2) is 0 Å². The number of benzene rings is 1. The molecule has 0 spiro atoms. The van der Waals surface area contributed by atoms with E-state index in [0.717, 1.165) is 44.7 Å². The molecule has 0 radical (unpaired) electrons. The van der Waals surface area contributed by atoms with E-state index in [1.54, 1.807) is 6.07 Å². The van der Waals surface area contributed by atoms with E-state index < -0.39 is 0 Å². The minimum absolute atomic E-state index is 0.309. The van der Waals surface area contributed by atoms with Gasteiger partial charge in [0.1, 0.15) is 23.5 Å². The second kappa shape index (κ2) is 7.19. The van der Waals surface area contributed by atoms with Crippen LogP contribution in [0.25, 0.3) is 10.9 Å². The molecule has 2 aromatic rings. The molecule has 5 nitrogen and oxygen atoms in total. The topological polar surface area (TPSA) is 44.3 Å². The van der Waals surface area contributed by atoms with E-state index in [1.807, 2.05) is 6.07 Å². The molecule has 0 saturated carbocycles. The van der Waals surface area contributed by atoms with Gasteiger partial charge >= 0.3 is 0 Å². The Morgan fingerprint density at radius 3 is 2.74 bits per heavy atom. The fraction of sp³-hybridized carbons (Fsp3) is 0.529. The number of piperazine rings is 1. The van der Waals surface area contributed by atoms with Crippen LogP contribution in [0.2, 0.25) is 0 Å². The van der Waals surface area contributed by atoms with E-state index in [-0.39, 0.29) is 5.82 Å². The normalized spacial score (nSPS) is 18.2. The van der Waals surface area contributed by atoms with Gasteiger partial charge in [0.25, 0.3) is 0 Å². The molecule has 1 aromatic carbocycles. The van der Waals surface area contributed by atoms with Crippen LogP contribution in [0.1, 0.15) is 13.8 Å². The van der Waals surface area contributed by atoms with E-state index in [9.17, 15) is 4.39 Å². The third kappa shape index (κ3) is 3.59. The molecule has 1 aliphatic rings. The lowest BCUT2D eigenvalue weighted by molar-refractivity contribution is 0.110. The molecule has 1 aliphatic heterocycles. The number of para-hydroxylation sites is 1. The van der Waals surface area contributed by atoms with Crippen LogP contribution in [-0.2, 0) is 0 Å². The summed E-state index contributed by atoms with van der Waals surface area (Å²) in [6.45, 7) is 10.8. The summed E-state index contributed by atoms with van der Waals surface area (Å²) in [6, 6.07) is 5.38.